The Labute approximate surface area is 174 Å². The van der Waals surface area contributed by atoms with Crippen LogP contribution in [-0.2, 0) is 16.0 Å². The van der Waals surface area contributed by atoms with Crippen LogP contribution in [0.4, 0.5) is 0 Å². The molecular formula is C23H23NO6. The van der Waals surface area contributed by atoms with Gasteiger partial charge in [-0.1, -0.05) is 30.3 Å². The Morgan fingerprint density at radius 2 is 1.37 bits per heavy atom. The summed E-state index contributed by atoms with van der Waals surface area (Å²) in [5.41, 5.74) is 1.98. The van der Waals surface area contributed by atoms with E-state index in [1.807, 2.05) is 18.2 Å². The van der Waals surface area contributed by atoms with E-state index in [1.165, 1.54) is 30.6 Å². The van der Waals surface area contributed by atoms with Crippen molar-refractivity contribution in [1.82, 2.24) is 4.90 Å². The van der Waals surface area contributed by atoms with Gasteiger partial charge in [-0.15, -0.1) is 0 Å². The zero-order chi connectivity index (χ0) is 20.8. The number of carbonyl (C=O) groups is 2. The monoisotopic (exact) mass is 409 g/mol. The summed E-state index contributed by atoms with van der Waals surface area (Å²) in [6.45, 7) is 2.80. The molecule has 1 aliphatic heterocycles. The number of hydrogen-bond donors (Lipinski definition) is 0. The van der Waals surface area contributed by atoms with Gasteiger partial charge >= 0.3 is 11.9 Å². The van der Waals surface area contributed by atoms with Gasteiger partial charge in [0.05, 0.1) is 36.9 Å². The number of hydrogen-bond acceptors (Lipinski definition) is 7. The predicted octanol–water partition coefficient (Wildman–Crippen LogP) is 3.63. The van der Waals surface area contributed by atoms with Gasteiger partial charge in [0.1, 0.15) is 12.5 Å². The van der Waals surface area contributed by atoms with Crippen LogP contribution in [-0.4, -0.2) is 43.1 Å². The van der Waals surface area contributed by atoms with E-state index in [4.69, 9.17) is 18.3 Å². The van der Waals surface area contributed by atoms with E-state index in [2.05, 4.69) is 17.0 Å². The molecule has 0 bridgehead atoms. The van der Waals surface area contributed by atoms with E-state index in [-0.39, 0.29) is 25.0 Å². The van der Waals surface area contributed by atoms with Crippen molar-refractivity contribution in [3.05, 3.63) is 84.2 Å². The summed E-state index contributed by atoms with van der Waals surface area (Å²) in [7, 11) is 0. The number of esters is 2. The van der Waals surface area contributed by atoms with E-state index in [0.717, 1.165) is 19.6 Å². The second-order valence-electron chi connectivity index (χ2n) is 7.42. The highest BCUT2D eigenvalue weighted by atomic mass is 16.5. The first-order valence-corrected chi connectivity index (χ1v) is 9.84. The standard InChI is InChI=1S/C23H23NO6/c25-22(18-6-8-27-13-18)29-15-20-11-24(10-17-4-2-1-3-5-17)12-21(20)16-30-23(26)19-7-9-28-14-19/h1-9,13-14,20-21H,10-12,15-16H2. The molecule has 3 heterocycles. The first-order chi connectivity index (χ1) is 14.7. The molecule has 0 saturated carbocycles. The summed E-state index contributed by atoms with van der Waals surface area (Å²) in [5, 5.41) is 0. The predicted molar refractivity (Wildman–Crippen MR) is 107 cm³/mol. The molecule has 30 heavy (non-hydrogen) atoms. The molecule has 7 nitrogen and oxygen atoms in total. The number of ether oxygens (including phenoxy) is 2. The molecule has 1 fully saturated rings. The van der Waals surface area contributed by atoms with E-state index in [9.17, 15) is 9.59 Å². The van der Waals surface area contributed by atoms with Gasteiger partial charge in [-0.3, -0.25) is 4.90 Å². The van der Waals surface area contributed by atoms with Gasteiger partial charge in [0.2, 0.25) is 0 Å². The van der Waals surface area contributed by atoms with E-state index < -0.39 is 11.9 Å². The van der Waals surface area contributed by atoms with Gasteiger partial charge < -0.3 is 18.3 Å². The zero-order valence-electron chi connectivity index (χ0n) is 16.4. The van der Waals surface area contributed by atoms with Gasteiger partial charge in [0, 0.05) is 31.5 Å². The maximum atomic E-state index is 12.2. The van der Waals surface area contributed by atoms with Crippen LogP contribution >= 0.6 is 0 Å². The Balaban J connectivity index is 1.37. The first kappa shape index (κ1) is 20.0. The average molecular weight is 409 g/mol. The number of benzene rings is 1. The van der Waals surface area contributed by atoms with Crippen molar-refractivity contribution in [3.8, 4) is 0 Å². The van der Waals surface area contributed by atoms with Crippen LogP contribution in [0.3, 0.4) is 0 Å². The Bertz CT molecular complexity index is 877. The molecule has 2 aromatic heterocycles. The fourth-order valence-electron chi connectivity index (χ4n) is 3.68. The summed E-state index contributed by atoms with van der Waals surface area (Å²) in [6.07, 6.45) is 5.60. The fourth-order valence-corrected chi connectivity index (χ4v) is 3.68. The van der Waals surface area contributed by atoms with Crippen molar-refractivity contribution < 1.29 is 27.9 Å². The van der Waals surface area contributed by atoms with Crippen LogP contribution in [0.2, 0.25) is 0 Å². The van der Waals surface area contributed by atoms with Crippen molar-refractivity contribution >= 4 is 11.9 Å². The number of furan rings is 2. The lowest BCUT2D eigenvalue weighted by Gasteiger charge is -2.18. The molecular weight excluding hydrogens is 386 g/mol. The molecule has 0 spiro atoms. The third-order valence-electron chi connectivity index (χ3n) is 5.27. The highest BCUT2D eigenvalue weighted by Crippen LogP contribution is 2.26. The number of likely N-dealkylation sites (tertiary alicyclic amines) is 1. The normalized spacial score (nSPS) is 18.9. The number of carbonyl (C=O) groups excluding carboxylic acids is 2. The Hall–Kier alpha value is -3.32. The molecule has 0 aliphatic carbocycles. The molecule has 1 saturated heterocycles. The van der Waals surface area contributed by atoms with E-state index in [0.29, 0.717) is 11.1 Å². The quantitative estimate of drug-likeness (QED) is 0.525. The van der Waals surface area contributed by atoms with Crippen LogP contribution in [0.25, 0.3) is 0 Å². The summed E-state index contributed by atoms with van der Waals surface area (Å²) in [6, 6.07) is 13.3. The lowest BCUT2D eigenvalue weighted by atomic mass is 9.98. The fraction of sp³-hybridized carbons (Fsp3) is 0.304. The Morgan fingerprint density at radius 1 is 0.833 bits per heavy atom. The van der Waals surface area contributed by atoms with Gasteiger partial charge in [0.25, 0.3) is 0 Å². The minimum absolute atomic E-state index is 0.0571. The minimum Gasteiger partial charge on any atom is -0.472 e. The van der Waals surface area contributed by atoms with Crippen LogP contribution in [0.1, 0.15) is 26.3 Å². The molecule has 1 aliphatic rings. The molecule has 2 atom stereocenters. The highest BCUT2D eigenvalue weighted by Gasteiger charge is 2.35. The number of nitrogens with zero attached hydrogens (tertiary/aromatic N) is 1. The highest BCUT2D eigenvalue weighted by molar-refractivity contribution is 5.89. The SMILES string of the molecule is O=C(OCC1CN(Cc2ccccc2)CC1COC(=O)c1ccoc1)c1ccoc1. The number of rotatable bonds is 8. The van der Waals surface area contributed by atoms with Crippen LogP contribution in [0, 0.1) is 11.8 Å². The second kappa shape index (κ2) is 9.45. The van der Waals surface area contributed by atoms with Crippen molar-refractivity contribution in [2.45, 2.75) is 6.54 Å². The largest absolute Gasteiger partial charge is 0.472 e. The van der Waals surface area contributed by atoms with Crippen molar-refractivity contribution in [2.24, 2.45) is 11.8 Å². The van der Waals surface area contributed by atoms with Crippen molar-refractivity contribution in [2.75, 3.05) is 26.3 Å². The Morgan fingerprint density at radius 3 is 1.83 bits per heavy atom. The van der Waals surface area contributed by atoms with E-state index >= 15 is 0 Å². The second-order valence-corrected chi connectivity index (χ2v) is 7.42. The first-order valence-electron chi connectivity index (χ1n) is 9.84. The average Bonchev–Trinajstić information content (AvgIpc) is 3.53. The smallest absolute Gasteiger partial charge is 0.341 e. The molecule has 0 radical (unpaired) electrons. The lowest BCUT2D eigenvalue weighted by molar-refractivity contribution is 0.0290. The summed E-state index contributed by atoms with van der Waals surface area (Å²) in [4.78, 5) is 26.6. The molecule has 1 aromatic carbocycles. The van der Waals surface area contributed by atoms with Gasteiger partial charge in [-0.05, 0) is 17.7 Å². The third kappa shape index (κ3) is 4.99. The minimum atomic E-state index is -0.417. The molecule has 0 amide bonds. The zero-order valence-corrected chi connectivity index (χ0v) is 16.4. The topological polar surface area (TPSA) is 82.1 Å². The molecule has 4 rings (SSSR count). The van der Waals surface area contributed by atoms with Crippen molar-refractivity contribution in [1.29, 1.82) is 0 Å². The summed E-state index contributed by atoms with van der Waals surface area (Å²) < 4.78 is 20.9. The van der Waals surface area contributed by atoms with Crippen LogP contribution in [0.15, 0.2) is 76.4 Å². The summed E-state index contributed by atoms with van der Waals surface area (Å²) in [5.74, 6) is -0.720. The van der Waals surface area contributed by atoms with Gasteiger partial charge in [0.15, 0.2) is 0 Å². The molecule has 7 heteroatoms. The molecule has 2 unspecified atom stereocenters. The Kier molecular flexibility index (Phi) is 6.29. The molecule has 156 valence electrons. The maximum Gasteiger partial charge on any atom is 0.341 e. The summed E-state index contributed by atoms with van der Waals surface area (Å²) >= 11 is 0. The third-order valence-corrected chi connectivity index (χ3v) is 5.27. The van der Waals surface area contributed by atoms with Crippen LogP contribution < -0.4 is 0 Å². The lowest BCUT2D eigenvalue weighted by Crippen LogP contribution is -2.25. The van der Waals surface area contributed by atoms with Gasteiger partial charge in [-0.25, -0.2) is 9.59 Å². The van der Waals surface area contributed by atoms with Gasteiger partial charge in [-0.2, -0.15) is 0 Å². The van der Waals surface area contributed by atoms with E-state index in [1.54, 1.807) is 12.1 Å². The maximum absolute atomic E-state index is 12.2. The van der Waals surface area contributed by atoms with Crippen LogP contribution in [0.5, 0.6) is 0 Å². The van der Waals surface area contributed by atoms with Crippen molar-refractivity contribution in [3.63, 3.8) is 0 Å². The molecule has 3 aromatic rings. The molecule has 0 N–H and O–H groups in total.